The fraction of sp³-hybridized carbons (Fsp3) is 0.222. The SMILES string of the molecule is CP(C)(=O)c1cc(C(=O)O)ccc1Br. The maximum atomic E-state index is 11.8. The highest BCUT2D eigenvalue weighted by atomic mass is 79.9. The Morgan fingerprint density at radius 1 is 1.43 bits per heavy atom. The molecule has 14 heavy (non-hydrogen) atoms. The van der Waals surface area contributed by atoms with Gasteiger partial charge in [0.15, 0.2) is 0 Å². The van der Waals surface area contributed by atoms with Gasteiger partial charge in [0.2, 0.25) is 0 Å². The predicted octanol–water partition coefficient (Wildman–Crippen LogP) is 2.40. The average Bonchev–Trinajstić information content (AvgIpc) is 2.02. The highest BCUT2D eigenvalue weighted by Crippen LogP contribution is 2.37. The third kappa shape index (κ3) is 2.46. The van der Waals surface area contributed by atoms with Gasteiger partial charge in [-0.1, -0.05) is 15.9 Å². The van der Waals surface area contributed by atoms with E-state index in [1.165, 1.54) is 12.1 Å². The van der Waals surface area contributed by atoms with Crippen LogP contribution in [0.2, 0.25) is 0 Å². The van der Waals surface area contributed by atoms with Gasteiger partial charge in [0.1, 0.15) is 7.14 Å². The van der Waals surface area contributed by atoms with Crippen molar-refractivity contribution in [3.63, 3.8) is 0 Å². The summed E-state index contributed by atoms with van der Waals surface area (Å²) in [6.07, 6.45) is 0. The minimum absolute atomic E-state index is 0.159. The molecule has 0 saturated heterocycles. The Hall–Kier alpha value is -0.600. The number of carboxylic acids is 1. The zero-order valence-electron chi connectivity index (χ0n) is 7.82. The van der Waals surface area contributed by atoms with Crippen molar-refractivity contribution in [2.24, 2.45) is 0 Å². The molecule has 1 rings (SSSR count). The van der Waals surface area contributed by atoms with Crippen LogP contribution < -0.4 is 5.30 Å². The summed E-state index contributed by atoms with van der Waals surface area (Å²) in [6, 6.07) is 4.54. The molecule has 76 valence electrons. The van der Waals surface area contributed by atoms with E-state index in [2.05, 4.69) is 15.9 Å². The number of benzene rings is 1. The summed E-state index contributed by atoms with van der Waals surface area (Å²) in [4.78, 5) is 10.7. The van der Waals surface area contributed by atoms with Crippen LogP contribution in [0.5, 0.6) is 0 Å². The molecule has 0 spiro atoms. The van der Waals surface area contributed by atoms with E-state index in [0.717, 1.165) is 0 Å². The van der Waals surface area contributed by atoms with Crippen LogP contribution in [0.1, 0.15) is 10.4 Å². The van der Waals surface area contributed by atoms with Gasteiger partial charge in [-0.05, 0) is 31.5 Å². The van der Waals surface area contributed by atoms with Gasteiger partial charge in [-0.15, -0.1) is 0 Å². The van der Waals surface area contributed by atoms with E-state index in [1.54, 1.807) is 19.4 Å². The van der Waals surface area contributed by atoms with Crippen LogP contribution in [0.15, 0.2) is 22.7 Å². The van der Waals surface area contributed by atoms with Gasteiger partial charge < -0.3 is 9.67 Å². The van der Waals surface area contributed by atoms with Crippen molar-refractivity contribution in [1.82, 2.24) is 0 Å². The first-order chi connectivity index (χ1) is 6.32. The molecule has 0 atom stereocenters. The monoisotopic (exact) mass is 276 g/mol. The topological polar surface area (TPSA) is 54.4 Å². The Bertz CT molecular complexity index is 422. The Morgan fingerprint density at radius 3 is 2.43 bits per heavy atom. The first kappa shape index (κ1) is 11.5. The third-order valence-electron chi connectivity index (χ3n) is 1.77. The van der Waals surface area contributed by atoms with Crippen molar-refractivity contribution in [3.05, 3.63) is 28.2 Å². The van der Waals surface area contributed by atoms with Gasteiger partial charge in [-0.2, -0.15) is 0 Å². The van der Waals surface area contributed by atoms with E-state index in [0.29, 0.717) is 9.78 Å². The number of carbonyl (C=O) groups is 1. The van der Waals surface area contributed by atoms with Crippen molar-refractivity contribution in [1.29, 1.82) is 0 Å². The molecular weight excluding hydrogens is 267 g/mol. The van der Waals surface area contributed by atoms with Crippen LogP contribution in [0, 0.1) is 0 Å². The minimum Gasteiger partial charge on any atom is -0.478 e. The van der Waals surface area contributed by atoms with E-state index in [-0.39, 0.29) is 5.56 Å². The van der Waals surface area contributed by atoms with Crippen LogP contribution in [0.3, 0.4) is 0 Å². The maximum absolute atomic E-state index is 11.8. The lowest BCUT2D eigenvalue weighted by Crippen LogP contribution is -2.09. The summed E-state index contributed by atoms with van der Waals surface area (Å²) in [5.74, 6) is -1.01. The molecule has 0 saturated carbocycles. The Labute approximate surface area is 90.6 Å². The van der Waals surface area contributed by atoms with Crippen LogP contribution in [-0.2, 0) is 4.57 Å². The fourth-order valence-corrected chi connectivity index (χ4v) is 3.63. The number of carboxylic acid groups (broad SMARTS) is 1. The van der Waals surface area contributed by atoms with Crippen molar-refractivity contribution in [2.75, 3.05) is 13.3 Å². The van der Waals surface area contributed by atoms with Gasteiger partial charge in [0, 0.05) is 9.78 Å². The normalized spacial score (nSPS) is 11.4. The van der Waals surface area contributed by atoms with Crippen molar-refractivity contribution >= 4 is 34.3 Å². The molecule has 0 aliphatic carbocycles. The van der Waals surface area contributed by atoms with E-state index in [4.69, 9.17) is 5.11 Å². The second-order valence-corrected chi connectivity index (χ2v) is 7.36. The summed E-state index contributed by atoms with van der Waals surface area (Å²) in [6.45, 7) is 3.22. The fourth-order valence-electron chi connectivity index (χ4n) is 1.06. The molecule has 0 aliphatic rings. The molecule has 1 N–H and O–H groups in total. The molecule has 0 aromatic heterocycles. The van der Waals surface area contributed by atoms with Gasteiger partial charge >= 0.3 is 5.97 Å². The quantitative estimate of drug-likeness (QED) is 0.844. The summed E-state index contributed by atoms with van der Waals surface area (Å²) in [5, 5.41) is 9.33. The van der Waals surface area contributed by atoms with Gasteiger partial charge in [0.05, 0.1) is 5.56 Å². The van der Waals surface area contributed by atoms with E-state index >= 15 is 0 Å². The lowest BCUT2D eigenvalue weighted by molar-refractivity contribution is 0.0697. The molecular formula is C9H10BrO3P. The van der Waals surface area contributed by atoms with Gasteiger partial charge in [-0.25, -0.2) is 4.79 Å². The Morgan fingerprint density at radius 2 is 2.00 bits per heavy atom. The van der Waals surface area contributed by atoms with Crippen LogP contribution >= 0.6 is 23.1 Å². The zero-order chi connectivity index (χ0) is 10.9. The third-order valence-corrected chi connectivity index (χ3v) is 4.30. The maximum Gasteiger partial charge on any atom is 0.335 e. The van der Waals surface area contributed by atoms with Gasteiger partial charge in [0.25, 0.3) is 0 Å². The Balaban J connectivity index is 3.36. The number of rotatable bonds is 2. The molecule has 0 heterocycles. The van der Waals surface area contributed by atoms with Crippen molar-refractivity contribution in [2.45, 2.75) is 0 Å². The molecule has 1 aromatic rings. The van der Waals surface area contributed by atoms with Crippen LogP contribution in [0.4, 0.5) is 0 Å². The van der Waals surface area contributed by atoms with E-state index in [1.807, 2.05) is 0 Å². The largest absolute Gasteiger partial charge is 0.478 e. The van der Waals surface area contributed by atoms with E-state index in [9.17, 15) is 9.36 Å². The standard InChI is InChI=1S/C9H10BrO3P/c1-14(2,13)8-5-6(9(11)12)3-4-7(8)10/h3-5H,1-2H3,(H,11,12). The molecule has 0 radical (unpaired) electrons. The number of hydrogen-bond donors (Lipinski definition) is 1. The highest BCUT2D eigenvalue weighted by molar-refractivity contribution is 9.10. The molecule has 0 amide bonds. The van der Waals surface area contributed by atoms with Gasteiger partial charge in [-0.3, -0.25) is 0 Å². The first-order valence-electron chi connectivity index (χ1n) is 3.91. The molecule has 3 nitrogen and oxygen atoms in total. The predicted molar refractivity (Wildman–Crippen MR) is 60.2 cm³/mol. The molecule has 5 heteroatoms. The summed E-state index contributed by atoms with van der Waals surface area (Å²) in [7, 11) is -2.43. The Kier molecular flexibility index (Phi) is 3.17. The smallest absolute Gasteiger partial charge is 0.335 e. The van der Waals surface area contributed by atoms with Crippen molar-refractivity contribution in [3.8, 4) is 0 Å². The second kappa shape index (κ2) is 3.87. The van der Waals surface area contributed by atoms with Crippen molar-refractivity contribution < 1.29 is 14.5 Å². The average molecular weight is 277 g/mol. The molecule has 0 bridgehead atoms. The minimum atomic E-state index is -2.43. The summed E-state index contributed by atoms with van der Waals surface area (Å²) >= 11 is 3.25. The number of halogens is 1. The number of aromatic carboxylic acids is 1. The molecule has 0 fully saturated rings. The highest BCUT2D eigenvalue weighted by Gasteiger charge is 2.17. The lowest BCUT2D eigenvalue weighted by atomic mass is 10.2. The number of hydrogen-bond acceptors (Lipinski definition) is 2. The van der Waals surface area contributed by atoms with Crippen LogP contribution in [0.25, 0.3) is 0 Å². The zero-order valence-corrected chi connectivity index (χ0v) is 10.3. The second-order valence-electron chi connectivity index (χ2n) is 3.32. The first-order valence-corrected chi connectivity index (χ1v) is 7.30. The molecule has 0 aliphatic heterocycles. The molecule has 0 unspecified atom stereocenters. The summed E-state index contributed by atoms with van der Waals surface area (Å²) < 4.78 is 12.5. The summed E-state index contributed by atoms with van der Waals surface area (Å²) in [5.41, 5.74) is 0.159. The molecule has 1 aromatic carbocycles. The lowest BCUT2D eigenvalue weighted by Gasteiger charge is -2.09. The van der Waals surface area contributed by atoms with Crippen LogP contribution in [-0.4, -0.2) is 24.4 Å². The van der Waals surface area contributed by atoms with E-state index < -0.39 is 13.1 Å².